The third kappa shape index (κ3) is 3.30. The van der Waals surface area contributed by atoms with E-state index in [-0.39, 0.29) is 12.6 Å². The lowest BCUT2D eigenvalue weighted by molar-refractivity contribution is 0.0426. The number of nitrogens with one attached hydrogen (secondary N) is 1. The molecular formula is C15H23NO. The molecule has 2 heteroatoms. The summed E-state index contributed by atoms with van der Waals surface area (Å²) in [6, 6.07) is 10.6. The first-order valence-corrected chi connectivity index (χ1v) is 6.49. The van der Waals surface area contributed by atoms with Crippen molar-refractivity contribution in [3.63, 3.8) is 0 Å². The van der Waals surface area contributed by atoms with Gasteiger partial charge in [-0.1, -0.05) is 44.2 Å². The Morgan fingerprint density at radius 2 is 1.94 bits per heavy atom. The van der Waals surface area contributed by atoms with Crippen LogP contribution in [0, 0.1) is 11.3 Å². The molecule has 17 heavy (non-hydrogen) atoms. The average Bonchev–Trinajstić information content (AvgIpc) is 2.29. The summed E-state index contributed by atoms with van der Waals surface area (Å²) in [6.07, 6.45) is 2.44. The van der Waals surface area contributed by atoms with Gasteiger partial charge >= 0.3 is 0 Å². The Labute approximate surface area is 104 Å². The van der Waals surface area contributed by atoms with Gasteiger partial charge in [0.1, 0.15) is 0 Å². The third-order valence-corrected chi connectivity index (χ3v) is 3.81. The second kappa shape index (κ2) is 5.19. The van der Waals surface area contributed by atoms with Gasteiger partial charge in [0, 0.05) is 12.6 Å². The van der Waals surface area contributed by atoms with Crippen LogP contribution in [0.15, 0.2) is 30.3 Å². The van der Waals surface area contributed by atoms with Crippen LogP contribution >= 0.6 is 0 Å². The van der Waals surface area contributed by atoms with Crippen LogP contribution in [0.1, 0.15) is 32.3 Å². The topological polar surface area (TPSA) is 32.3 Å². The Kier molecular flexibility index (Phi) is 3.85. The molecule has 1 fully saturated rings. The molecule has 0 amide bonds. The van der Waals surface area contributed by atoms with E-state index in [0.717, 1.165) is 6.54 Å². The molecule has 1 aliphatic carbocycles. The summed E-state index contributed by atoms with van der Waals surface area (Å²) in [5, 5.41) is 12.9. The molecule has 0 bridgehead atoms. The van der Waals surface area contributed by atoms with Gasteiger partial charge in [-0.25, -0.2) is 0 Å². The zero-order valence-electron chi connectivity index (χ0n) is 10.8. The Bertz CT molecular complexity index is 339. The molecule has 0 aliphatic heterocycles. The zero-order valence-corrected chi connectivity index (χ0v) is 10.8. The monoisotopic (exact) mass is 233 g/mol. The Morgan fingerprint density at radius 1 is 1.29 bits per heavy atom. The van der Waals surface area contributed by atoms with E-state index >= 15 is 0 Å². The third-order valence-electron chi connectivity index (χ3n) is 3.81. The van der Waals surface area contributed by atoms with Crippen molar-refractivity contribution in [1.82, 2.24) is 5.32 Å². The lowest BCUT2D eigenvalue weighted by Crippen LogP contribution is -2.47. The second-order valence-electron chi connectivity index (χ2n) is 5.99. The number of rotatable bonds is 5. The van der Waals surface area contributed by atoms with Gasteiger partial charge in [0.05, 0.1) is 6.61 Å². The van der Waals surface area contributed by atoms with Crippen molar-refractivity contribution in [3.8, 4) is 0 Å². The van der Waals surface area contributed by atoms with Crippen LogP contribution in [-0.2, 0) is 6.54 Å². The maximum Gasteiger partial charge on any atom is 0.0587 e. The molecule has 2 nitrogen and oxygen atoms in total. The van der Waals surface area contributed by atoms with Crippen LogP contribution in [0.2, 0.25) is 0 Å². The molecule has 1 aromatic rings. The molecule has 0 heterocycles. The molecule has 0 aromatic heterocycles. The maximum absolute atomic E-state index is 9.45. The molecule has 1 atom stereocenters. The first kappa shape index (κ1) is 12.6. The summed E-state index contributed by atoms with van der Waals surface area (Å²) in [5.41, 5.74) is 1.76. The van der Waals surface area contributed by atoms with Gasteiger partial charge in [-0.05, 0) is 29.7 Å². The van der Waals surface area contributed by atoms with E-state index < -0.39 is 0 Å². The van der Waals surface area contributed by atoms with E-state index in [9.17, 15) is 5.11 Å². The summed E-state index contributed by atoms with van der Waals surface area (Å²) in [6.45, 7) is 5.70. The largest absolute Gasteiger partial charge is 0.395 e. The fourth-order valence-corrected chi connectivity index (χ4v) is 2.87. The highest BCUT2D eigenvalue weighted by atomic mass is 16.3. The molecule has 1 aliphatic rings. The minimum Gasteiger partial charge on any atom is -0.395 e. The Balaban J connectivity index is 1.81. The first-order chi connectivity index (χ1) is 8.11. The lowest BCUT2D eigenvalue weighted by atomic mass is 9.62. The van der Waals surface area contributed by atoms with Crippen LogP contribution in [0.25, 0.3) is 0 Å². The number of hydrogen-bond acceptors (Lipinski definition) is 2. The van der Waals surface area contributed by atoms with E-state index in [4.69, 9.17) is 0 Å². The van der Waals surface area contributed by atoms with Gasteiger partial charge < -0.3 is 10.4 Å². The van der Waals surface area contributed by atoms with Crippen molar-refractivity contribution >= 4 is 0 Å². The van der Waals surface area contributed by atoms with Crippen LogP contribution in [0.5, 0.6) is 0 Å². The number of hydrogen-bond donors (Lipinski definition) is 2. The number of aliphatic hydroxyl groups excluding tert-OH is 1. The van der Waals surface area contributed by atoms with Crippen molar-refractivity contribution in [2.75, 3.05) is 6.61 Å². The summed E-state index contributed by atoms with van der Waals surface area (Å²) in [7, 11) is 0. The molecular weight excluding hydrogens is 210 g/mol. The first-order valence-electron chi connectivity index (χ1n) is 6.49. The van der Waals surface area contributed by atoms with Gasteiger partial charge in [0.25, 0.3) is 0 Å². The average molecular weight is 233 g/mol. The lowest BCUT2D eigenvalue weighted by Gasteiger charge is -2.46. The fourth-order valence-electron chi connectivity index (χ4n) is 2.87. The van der Waals surface area contributed by atoms with Crippen molar-refractivity contribution < 1.29 is 5.11 Å². The van der Waals surface area contributed by atoms with E-state index in [1.54, 1.807) is 0 Å². The van der Waals surface area contributed by atoms with E-state index in [2.05, 4.69) is 43.4 Å². The van der Waals surface area contributed by atoms with Crippen LogP contribution in [-0.4, -0.2) is 17.8 Å². The maximum atomic E-state index is 9.45. The van der Waals surface area contributed by atoms with Crippen molar-refractivity contribution in [2.24, 2.45) is 11.3 Å². The zero-order chi connectivity index (χ0) is 12.3. The van der Waals surface area contributed by atoms with Crippen molar-refractivity contribution in [3.05, 3.63) is 35.9 Å². The molecule has 1 unspecified atom stereocenters. The number of aliphatic hydroxyl groups is 1. The van der Waals surface area contributed by atoms with E-state index in [0.29, 0.717) is 11.3 Å². The van der Waals surface area contributed by atoms with Gasteiger partial charge in [-0.3, -0.25) is 0 Å². The fraction of sp³-hybridized carbons (Fsp3) is 0.600. The molecule has 0 radical (unpaired) electrons. The van der Waals surface area contributed by atoms with Gasteiger partial charge in [-0.2, -0.15) is 0 Å². The Morgan fingerprint density at radius 3 is 2.47 bits per heavy atom. The minimum absolute atomic E-state index is 0.244. The smallest absolute Gasteiger partial charge is 0.0587 e. The normalized spacial score (nSPS) is 20.9. The molecule has 94 valence electrons. The molecule has 1 saturated carbocycles. The summed E-state index contributed by atoms with van der Waals surface area (Å²) >= 11 is 0. The van der Waals surface area contributed by atoms with E-state index in [1.165, 1.54) is 18.4 Å². The van der Waals surface area contributed by atoms with Gasteiger partial charge in [0.2, 0.25) is 0 Å². The summed E-state index contributed by atoms with van der Waals surface area (Å²) < 4.78 is 0. The van der Waals surface area contributed by atoms with Gasteiger partial charge in [0.15, 0.2) is 0 Å². The minimum atomic E-state index is 0.244. The highest BCUT2D eigenvalue weighted by molar-refractivity contribution is 5.14. The van der Waals surface area contributed by atoms with E-state index in [1.807, 2.05) is 6.07 Å². The quantitative estimate of drug-likeness (QED) is 0.819. The molecule has 0 saturated heterocycles. The standard InChI is InChI=1S/C15H23NO/c1-15(2)8-13(9-15)14(11-17)16-10-12-6-4-3-5-7-12/h3-7,13-14,16-17H,8-11H2,1-2H3. The van der Waals surface area contributed by atoms with Crippen molar-refractivity contribution in [1.29, 1.82) is 0 Å². The Hall–Kier alpha value is -0.860. The predicted octanol–water partition coefficient (Wildman–Crippen LogP) is 2.57. The molecule has 2 N–H and O–H groups in total. The number of benzene rings is 1. The van der Waals surface area contributed by atoms with Crippen LogP contribution < -0.4 is 5.32 Å². The molecule has 2 rings (SSSR count). The van der Waals surface area contributed by atoms with Crippen LogP contribution in [0.3, 0.4) is 0 Å². The van der Waals surface area contributed by atoms with Crippen LogP contribution in [0.4, 0.5) is 0 Å². The highest BCUT2D eigenvalue weighted by Crippen LogP contribution is 2.46. The molecule has 0 spiro atoms. The molecule has 1 aromatic carbocycles. The highest BCUT2D eigenvalue weighted by Gasteiger charge is 2.39. The summed E-state index contributed by atoms with van der Waals surface area (Å²) in [5.74, 6) is 0.638. The second-order valence-corrected chi connectivity index (χ2v) is 5.99. The predicted molar refractivity (Wildman–Crippen MR) is 70.7 cm³/mol. The summed E-state index contributed by atoms with van der Waals surface area (Å²) in [4.78, 5) is 0. The SMILES string of the molecule is CC1(C)CC(C(CO)NCc2ccccc2)C1. The van der Waals surface area contributed by atoms with Gasteiger partial charge in [-0.15, -0.1) is 0 Å². The van der Waals surface area contributed by atoms with Crippen molar-refractivity contribution in [2.45, 2.75) is 39.3 Å².